The van der Waals surface area contributed by atoms with E-state index in [1.165, 1.54) is 19.2 Å². The topological polar surface area (TPSA) is 45.0 Å². The maximum atomic E-state index is 13.8. The Morgan fingerprint density at radius 3 is 2.40 bits per heavy atom. The van der Waals surface area contributed by atoms with Crippen molar-refractivity contribution in [3.8, 4) is 11.8 Å². The van der Waals surface area contributed by atoms with Crippen molar-refractivity contribution in [2.24, 2.45) is 0 Å². The summed E-state index contributed by atoms with van der Waals surface area (Å²) in [6.07, 6.45) is 0. The van der Waals surface area contributed by atoms with E-state index in [9.17, 15) is 8.78 Å². The van der Waals surface area contributed by atoms with Crippen LogP contribution in [0.1, 0.15) is 5.56 Å². The lowest BCUT2D eigenvalue weighted by Crippen LogP contribution is -2.00. The van der Waals surface area contributed by atoms with Crippen LogP contribution in [0, 0.1) is 23.0 Å². The average molecular weight is 339 g/mol. The Morgan fingerprint density at radius 1 is 1.20 bits per heavy atom. The first-order valence-electron chi connectivity index (χ1n) is 5.55. The number of hydrogen-bond donors (Lipinski definition) is 1. The highest BCUT2D eigenvalue weighted by atomic mass is 79.9. The predicted octanol–water partition coefficient (Wildman–Crippen LogP) is 4.35. The second-order valence-electron chi connectivity index (χ2n) is 3.89. The summed E-state index contributed by atoms with van der Waals surface area (Å²) in [7, 11) is 1.46. The van der Waals surface area contributed by atoms with Gasteiger partial charge in [-0.05, 0) is 24.3 Å². The summed E-state index contributed by atoms with van der Waals surface area (Å²) in [4.78, 5) is 0. The minimum absolute atomic E-state index is 0.257. The van der Waals surface area contributed by atoms with E-state index in [0.717, 1.165) is 12.1 Å². The number of anilines is 2. The van der Waals surface area contributed by atoms with Crippen molar-refractivity contribution in [3.05, 3.63) is 52.0 Å². The quantitative estimate of drug-likeness (QED) is 0.904. The van der Waals surface area contributed by atoms with Gasteiger partial charge in [-0.3, -0.25) is 0 Å². The van der Waals surface area contributed by atoms with Crippen LogP contribution in [0.25, 0.3) is 0 Å². The van der Waals surface area contributed by atoms with Crippen molar-refractivity contribution in [2.45, 2.75) is 0 Å². The van der Waals surface area contributed by atoms with Gasteiger partial charge in [-0.1, -0.05) is 15.9 Å². The molecule has 20 heavy (non-hydrogen) atoms. The lowest BCUT2D eigenvalue weighted by atomic mass is 10.1. The number of ether oxygens (including phenoxy) is 1. The fourth-order valence-corrected chi connectivity index (χ4v) is 2.05. The third kappa shape index (κ3) is 2.89. The first kappa shape index (κ1) is 14.3. The van der Waals surface area contributed by atoms with Crippen molar-refractivity contribution in [3.63, 3.8) is 0 Å². The van der Waals surface area contributed by atoms with E-state index in [1.807, 2.05) is 6.07 Å². The van der Waals surface area contributed by atoms with Crippen LogP contribution in [0.2, 0.25) is 0 Å². The third-order valence-corrected chi connectivity index (χ3v) is 3.07. The molecule has 1 N–H and O–H groups in total. The summed E-state index contributed by atoms with van der Waals surface area (Å²) in [6.45, 7) is 0. The van der Waals surface area contributed by atoms with E-state index < -0.39 is 11.6 Å². The van der Waals surface area contributed by atoms with Crippen LogP contribution in [0.5, 0.6) is 5.75 Å². The van der Waals surface area contributed by atoms with E-state index in [1.54, 1.807) is 6.07 Å². The number of benzene rings is 2. The monoisotopic (exact) mass is 338 g/mol. The molecule has 0 radical (unpaired) electrons. The van der Waals surface area contributed by atoms with Crippen molar-refractivity contribution in [2.75, 3.05) is 12.4 Å². The Labute approximate surface area is 122 Å². The molecule has 0 spiro atoms. The maximum Gasteiger partial charge on any atom is 0.150 e. The molecular formula is C14H9BrF2N2O. The van der Waals surface area contributed by atoms with Gasteiger partial charge in [0, 0.05) is 10.5 Å². The molecule has 0 aliphatic rings. The molecule has 3 nitrogen and oxygen atoms in total. The van der Waals surface area contributed by atoms with Gasteiger partial charge in [0.1, 0.15) is 17.5 Å². The third-order valence-electron chi connectivity index (χ3n) is 2.61. The molecule has 6 heteroatoms. The number of rotatable bonds is 3. The van der Waals surface area contributed by atoms with E-state index in [0.29, 0.717) is 10.2 Å². The molecule has 0 atom stereocenters. The number of halogens is 3. The molecule has 0 heterocycles. The van der Waals surface area contributed by atoms with E-state index in [-0.39, 0.29) is 16.9 Å². The summed E-state index contributed by atoms with van der Waals surface area (Å²) < 4.78 is 32.9. The van der Waals surface area contributed by atoms with Crippen molar-refractivity contribution >= 4 is 27.3 Å². The van der Waals surface area contributed by atoms with Gasteiger partial charge in [0.25, 0.3) is 0 Å². The molecule has 0 aliphatic heterocycles. The van der Waals surface area contributed by atoms with Crippen molar-refractivity contribution in [1.29, 1.82) is 5.26 Å². The minimum atomic E-state index is -0.761. The summed E-state index contributed by atoms with van der Waals surface area (Å²) in [6, 6.07) is 8.82. The van der Waals surface area contributed by atoms with Gasteiger partial charge >= 0.3 is 0 Å². The second kappa shape index (κ2) is 5.88. The largest absolute Gasteiger partial charge is 0.497 e. The smallest absolute Gasteiger partial charge is 0.150 e. The molecule has 102 valence electrons. The summed E-state index contributed by atoms with van der Waals surface area (Å²) in [5.41, 5.74) is 0.206. The molecule has 0 saturated carbocycles. The highest BCUT2D eigenvalue weighted by molar-refractivity contribution is 9.10. The average Bonchev–Trinajstić information content (AvgIpc) is 2.42. The zero-order valence-electron chi connectivity index (χ0n) is 10.4. The molecule has 0 amide bonds. The van der Waals surface area contributed by atoms with Gasteiger partial charge < -0.3 is 10.1 Å². The molecule has 0 bridgehead atoms. The highest BCUT2D eigenvalue weighted by Crippen LogP contribution is 2.30. The Morgan fingerprint density at radius 2 is 1.85 bits per heavy atom. The number of nitrogens with one attached hydrogen (secondary N) is 1. The van der Waals surface area contributed by atoms with Gasteiger partial charge in [-0.2, -0.15) is 5.26 Å². The van der Waals surface area contributed by atoms with Gasteiger partial charge in [0.05, 0.1) is 18.4 Å². The first-order chi connectivity index (χ1) is 9.55. The Balaban J connectivity index is 2.47. The Kier molecular flexibility index (Phi) is 4.20. The molecule has 0 fully saturated rings. The lowest BCUT2D eigenvalue weighted by Gasteiger charge is -2.12. The molecule has 0 saturated heterocycles. The Hall–Kier alpha value is -2.13. The van der Waals surface area contributed by atoms with E-state index in [2.05, 4.69) is 21.2 Å². The number of methoxy groups -OCH3 is 1. The molecule has 0 aliphatic carbocycles. The highest BCUT2D eigenvalue weighted by Gasteiger charge is 2.13. The van der Waals surface area contributed by atoms with Crippen LogP contribution >= 0.6 is 15.9 Å². The lowest BCUT2D eigenvalue weighted by molar-refractivity contribution is 0.415. The first-order valence-corrected chi connectivity index (χ1v) is 6.34. The van der Waals surface area contributed by atoms with E-state index >= 15 is 0 Å². The predicted molar refractivity (Wildman–Crippen MR) is 75.0 cm³/mol. The molecule has 0 unspecified atom stereocenters. The summed E-state index contributed by atoms with van der Waals surface area (Å²) in [5, 5.41) is 11.6. The zero-order valence-corrected chi connectivity index (χ0v) is 12.0. The maximum absolute atomic E-state index is 13.8. The van der Waals surface area contributed by atoms with Gasteiger partial charge in [-0.15, -0.1) is 0 Å². The van der Waals surface area contributed by atoms with Crippen LogP contribution < -0.4 is 10.1 Å². The fraction of sp³-hybridized carbons (Fsp3) is 0.0714. The molecule has 2 aromatic carbocycles. The standard InChI is InChI=1S/C14H9BrF2N2O/c1-20-10-3-2-8(7-18)13(6-10)19-14-11(16)4-9(15)5-12(14)17/h2-6,19H,1H3. The van der Waals surface area contributed by atoms with Gasteiger partial charge in [-0.25, -0.2) is 8.78 Å². The Bertz CT molecular complexity index is 675. The van der Waals surface area contributed by atoms with Crippen LogP contribution in [0.3, 0.4) is 0 Å². The van der Waals surface area contributed by atoms with Crippen LogP contribution in [-0.2, 0) is 0 Å². The zero-order chi connectivity index (χ0) is 14.7. The number of hydrogen-bond acceptors (Lipinski definition) is 3. The van der Waals surface area contributed by atoms with Crippen molar-refractivity contribution in [1.82, 2.24) is 0 Å². The van der Waals surface area contributed by atoms with Crippen LogP contribution in [0.4, 0.5) is 20.2 Å². The normalized spacial score (nSPS) is 9.95. The molecule has 2 aromatic rings. The summed E-state index contributed by atoms with van der Waals surface area (Å²) in [5.74, 6) is -1.04. The minimum Gasteiger partial charge on any atom is -0.497 e. The SMILES string of the molecule is COc1ccc(C#N)c(Nc2c(F)cc(Br)cc2F)c1. The molecule has 2 rings (SSSR count). The summed E-state index contributed by atoms with van der Waals surface area (Å²) >= 11 is 3.00. The van der Waals surface area contributed by atoms with E-state index in [4.69, 9.17) is 10.00 Å². The molecule has 0 aromatic heterocycles. The number of nitriles is 1. The van der Waals surface area contributed by atoms with Crippen molar-refractivity contribution < 1.29 is 13.5 Å². The van der Waals surface area contributed by atoms with Gasteiger partial charge in [0.15, 0.2) is 11.6 Å². The van der Waals surface area contributed by atoms with Crippen LogP contribution in [-0.4, -0.2) is 7.11 Å². The second-order valence-corrected chi connectivity index (χ2v) is 4.81. The van der Waals surface area contributed by atoms with Gasteiger partial charge in [0.2, 0.25) is 0 Å². The van der Waals surface area contributed by atoms with Crippen LogP contribution in [0.15, 0.2) is 34.8 Å². The fourth-order valence-electron chi connectivity index (χ4n) is 1.65. The number of nitrogens with zero attached hydrogens (tertiary/aromatic N) is 1. The molecular weight excluding hydrogens is 330 g/mol.